The largest absolute Gasteiger partial charge is 0.461 e. The summed E-state index contributed by atoms with van der Waals surface area (Å²) >= 11 is 2.97. The van der Waals surface area contributed by atoms with Gasteiger partial charge in [0.05, 0.1) is 22.2 Å². The van der Waals surface area contributed by atoms with Gasteiger partial charge in [-0.25, -0.2) is 9.97 Å². The number of thiazole rings is 2. The molecule has 0 spiro atoms. The number of ether oxygens (including phenoxy) is 1. The summed E-state index contributed by atoms with van der Waals surface area (Å²) in [6.45, 7) is 0.468. The van der Waals surface area contributed by atoms with Crippen LogP contribution in [0.4, 0.5) is 10.7 Å². The molecule has 4 rings (SSSR count). The van der Waals surface area contributed by atoms with Crippen molar-refractivity contribution in [2.75, 3.05) is 5.32 Å². The summed E-state index contributed by atoms with van der Waals surface area (Å²) < 4.78 is 4.87. The number of benzene rings is 2. The van der Waals surface area contributed by atoms with Crippen molar-refractivity contribution in [3.8, 4) is 10.6 Å². The van der Waals surface area contributed by atoms with Crippen molar-refractivity contribution in [1.82, 2.24) is 9.97 Å². The summed E-state index contributed by atoms with van der Waals surface area (Å²) in [5.41, 5.74) is 5.19. The molecule has 1 N–H and O–H groups in total. The second-order valence-corrected chi connectivity index (χ2v) is 8.52. The van der Waals surface area contributed by atoms with Gasteiger partial charge in [0.2, 0.25) is 0 Å². The van der Waals surface area contributed by atoms with Crippen LogP contribution in [0.2, 0.25) is 0 Å². The molecule has 4 aromatic rings. The number of rotatable bonds is 10. The van der Waals surface area contributed by atoms with Crippen LogP contribution >= 0.6 is 22.7 Å². The maximum absolute atomic E-state index is 11.0. The van der Waals surface area contributed by atoms with E-state index in [-0.39, 0.29) is 18.3 Å². The zero-order valence-electron chi connectivity index (χ0n) is 16.7. The average Bonchev–Trinajstić information content (AvgIpc) is 3.48. The standard InChI is InChI=1S/C22H18N4O4S2/c27-14-30-11-19-22(32-13-23-19)24-18(10-15-6-8-17(9-7-15)26(28)29)20-12-31-21(25-20)16-4-2-1-3-5-16/h1-9,12-14,18,24H,10-11H2/t18-/m0/s1. The van der Waals surface area contributed by atoms with E-state index < -0.39 is 4.92 Å². The number of nitrogens with zero attached hydrogens (tertiary/aromatic N) is 3. The molecule has 32 heavy (non-hydrogen) atoms. The zero-order valence-corrected chi connectivity index (χ0v) is 18.3. The van der Waals surface area contributed by atoms with E-state index >= 15 is 0 Å². The van der Waals surface area contributed by atoms with E-state index in [1.54, 1.807) is 29.0 Å². The first-order valence-electron chi connectivity index (χ1n) is 9.62. The minimum Gasteiger partial charge on any atom is -0.461 e. The van der Waals surface area contributed by atoms with Crippen LogP contribution in [0.15, 0.2) is 65.5 Å². The lowest BCUT2D eigenvalue weighted by molar-refractivity contribution is -0.384. The maximum Gasteiger partial charge on any atom is 0.293 e. The van der Waals surface area contributed by atoms with Gasteiger partial charge in [-0.3, -0.25) is 14.9 Å². The monoisotopic (exact) mass is 466 g/mol. The minimum absolute atomic E-state index is 0.0500. The van der Waals surface area contributed by atoms with Gasteiger partial charge in [0.1, 0.15) is 22.3 Å². The van der Waals surface area contributed by atoms with Gasteiger partial charge in [-0.1, -0.05) is 42.5 Å². The van der Waals surface area contributed by atoms with Crippen LogP contribution in [0.3, 0.4) is 0 Å². The summed E-state index contributed by atoms with van der Waals surface area (Å²) in [4.78, 5) is 30.3. The number of nitrogens with one attached hydrogen (secondary N) is 1. The predicted molar refractivity (Wildman–Crippen MR) is 124 cm³/mol. The minimum atomic E-state index is -0.414. The van der Waals surface area contributed by atoms with Crippen molar-refractivity contribution in [1.29, 1.82) is 0 Å². The van der Waals surface area contributed by atoms with E-state index in [0.717, 1.165) is 26.8 Å². The third kappa shape index (κ3) is 5.16. The Labute approximate surface area is 191 Å². The number of nitro groups is 1. The van der Waals surface area contributed by atoms with E-state index in [9.17, 15) is 14.9 Å². The Balaban J connectivity index is 1.62. The predicted octanol–water partition coefficient (Wildman–Crippen LogP) is 5.24. The van der Waals surface area contributed by atoms with E-state index in [1.165, 1.54) is 23.5 Å². The molecule has 8 nitrogen and oxygen atoms in total. The third-order valence-electron chi connectivity index (χ3n) is 4.72. The highest BCUT2D eigenvalue weighted by Crippen LogP contribution is 2.32. The fraction of sp³-hybridized carbons (Fsp3) is 0.136. The van der Waals surface area contributed by atoms with Crippen molar-refractivity contribution in [3.63, 3.8) is 0 Å². The molecule has 0 aliphatic rings. The number of non-ortho nitro benzene ring substituents is 1. The topological polar surface area (TPSA) is 107 Å². The van der Waals surface area contributed by atoms with Gasteiger partial charge >= 0.3 is 0 Å². The Morgan fingerprint density at radius 1 is 1.12 bits per heavy atom. The second kappa shape index (κ2) is 10.1. The molecule has 0 fully saturated rings. The average molecular weight is 467 g/mol. The smallest absolute Gasteiger partial charge is 0.293 e. The summed E-state index contributed by atoms with van der Waals surface area (Å²) in [5.74, 6) is 0. The summed E-state index contributed by atoms with van der Waals surface area (Å²) in [7, 11) is 0. The fourth-order valence-electron chi connectivity index (χ4n) is 3.14. The molecule has 0 saturated heterocycles. The van der Waals surface area contributed by atoms with Crippen LogP contribution in [0.5, 0.6) is 0 Å². The Kier molecular flexibility index (Phi) is 6.83. The highest BCUT2D eigenvalue weighted by atomic mass is 32.1. The van der Waals surface area contributed by atoms with E-state index in [0.29, 0.717) is 18.6 Å². The van der Waals surface area contributed by atoms with Crippen molar-refractivity contribution in [2.24, 2.45) is 0 Å². The molecule has 0 saturated carbocycles. The van der Waals surface area contributed by atoms with Gasteiger partial charge in [-0.2, -0.15) is 0 Å². The Bertz CT molecular complexity index is 1190. The molecule has 2 aromatic heterocycles. The molecule has 2 aromatic carbocycles. The van der Waals surface area contributed by atoms with E-state index in [4.69, 9.17) is 9.72 Å². The van der Waals surface area contributed by atoms with Crippen LogP contribution in [0.1, 0.15) is 23.0 Å². The number of carbonyl (C=O) groups is 1. The van der Waals surface area contributed by atoms with Gasteiger partial charge in [-0.05, 0) is 12.0 Å². The van der Waals surface area contributed by atoms with Crippen molar-refractivity contribution >= 4 is 39.8 Å². The second-order valence-electron chi connectivity index (χ2n) is 6.80. The number of carbonyl (C=O) groups excluding carboxylic acids is 1. The van der Waals surface area contributed by atoms with Crippen molar-refractivity contribution in [2.45, 2.75) is 19.1 Å². The summed E-state index contributed by atoms with van der Waals surface area (Å²) in [5, 5.41) is 18.1. The van der Waals surface area contributed by atoms with E-state index in [1.807, 2.05) is 35.7 Å². The van der Waals surface area contributed by atoms with Gasteiger partial charge in [0.15, 0.2) is 0 Å². The third-order valence-corrected chi connectivity index (χ3v) is 6.43. The van der Waals surface area contributed by atoms with Crippen LogP contribution in [-0.2, 0) is 22.6 Å². The lowest BCUT2D eigenvalue weighted by atomic mass is 10.0. The molecule has 1 atom stereocenters. The number of anilines is 1. The van der Waals surface area contributed by atoms with Crippen LogP contribution in [0, 0.1) is 10.1 Å². The van der Waals surface area contributed by atoms with Gasteiger partial charge < -0.3 is 10.1 Å². The quantitative estimate of drug-likeness (QED) is 0.193. The Morgan fingerprint density at radius 2 is 1.91 bits per heavy atom. The number of hydrogen-bond acceptors (Lipinski definition) is 9. The molecule has 162 valence electrons. The summed E-state index contributed by atoms with van der Waals surface area (Å²) in [6.07, 6.45) is 0.557. The van der Waals surface area contributed by atoms with E-state index in [2.05, 4.69) is 10.3 Å². The first kappa shape index (κ1) is 21.6. The van der Waals surface area contributed by atoms with Crippen LogP contribution < -0.4 is 5.32 Å². The summed E-state index contributed by atoms with van der Waals surface area (Å²) in [6, 6.07) is 16.2. The maximum atomic E-state index is 11.0. The molecule has 2 heterocycles. The lowest BCUT2D eigenvalue weighted by Crippen LogP contribution is -2.15. The molecule has 10 heteroatoms. The molecule has 0 amide bonds. The lowest BCUT2D eigenvalue weighted by Gasteiger charge is -2.18. The molecule has 0 unspecified atom stereocenters. The SMILES string of the molecule is O=COCc1ncsc1N[C@@H](Cc1ccc([N+](=O)[O-])cc1)c1csc(-c2ccccc2)n1. The van der Waals surface area contributed by atoms with Crippen molar-refractivity contribution in [3.05, 3.63) is 92.6 Å². The number of nitro benzene ring substituents is 1. The highest BCUT2D eigenvalue weighted by molar-refractivity contribution is 7.14. The van der Waals surface area contributed by atoms with Gasteiger partial charge in [0, 0.05) is 23.1 Å². The first-order valence-corrected chi connectivity index (χ1v) is 11.4. The Hall–Kier alpha value is -3.63. The molecule has 0 radical (unpaired) electrons. The van der Waals surface area contributed by atoms with Crippen molar-refractivity contribution < 1.29 is 14.5 Å². The molecule has 0 aliphatic heterocycles. The van der Waals surface area contributed by atoms with Gasteiger partial charge in [0.25, 0.3) is 12.2 Å². The number of hydrogen-bond donors (Lipinski definition) is 1. The number of aromatic nitrogens is 2. The molecular formula is C22H18N4O4S2. The normalized spacial score (nSPS) is 11.6. The highest BCUT2D eigenvalue weighted by Gasteiger charge is 2.20. The van der Waals surface area contributed by atoms with Gasteiger partial charge in [-0.15, -0.1) is 22.7 Å². The molecular weight excluding hydrogens is 448 g/mol. The fourth-order valence-corrected chi connectivity index (χ4v) is 4.76. The van der Waals surface area contributed by atoms with Crippen LogP contribution in [-0.4, -0.2) is 21.4 Å². The van der Waals surface area contributed by atoms with Crippen LogP contribution in [0.25, 0.3) is 10.6 Å². The Morgan fingerprint density at radius 3 is 2.62 bits per heavy atom. The molecule has 0 bridgehead atoms. The first-order chi connectivity index (χ1) is 15.6. The zero-order chi connectivity index (χ0) is 22.3. The molecule has 0 aliphatic carbocycles.